The summed E-state index contributed by atoms with van der Waals surface area (Å²) in [4.78, 5) is 3.49. The number of nitrogens with one attached hydrogen (secondary N) is 1. The van der Waals surface area contributed by atoms with Gasteiger partial charge >= 0.3 is 6.18 Å². The van der Waals surface area contributed by atoms with Gasteiger partial charge in [-0.1, -0.05) is 11.6 Å². The molecule has 2 heterocycles. The molecule has 2 rings (SSSR count). The summed E-state index contributed by atoms with van der Waals surface area (Å²) in [5.74, 6) is -0.0278. The summed E-state index contributed by atoms with van der Waals surface area (Å²) in [6.45, 7) is 1.66. The lowest BCUT2D eigenvalue weighted by molar-refractivity contribution is -0.141. The van der Waals surface area contributed by atoms with Gasteiger partial charge in [0.2, 0.25) is 0 Å². The molecule has 112 valence electrons. The molecule has 0 atom stereocenters. The van der Waals surface area contributed by atoms with E-state index in [1.807, 2.05) is 12.1 Å². The van der Waals surface area contributed by atoms with E-state index in [0.717, 1.165) is 18.6 Å². The lowest BCUT2D eigenvalue weighted by atomic mass is 10.1. The molecular formula is C14H14F3N3O. The van der Waals surface area contributed by atoms with Crippen LogP contribution in [0.4, 0.5) is 19.0 Å². The topological polar surface area (TPSA) is 57.9 Å². The molecule has 1 aliphatic heterocycles. The van der Waals surface area contributed by atoms with Crippen molar-refractivity contribution < 1.29 is 17.9 Å². The average molecular weight is 297 g/mol. The van der Waals surface area contributed by atoms with Crippen LogP contribution in [0, 0.1) is 11.3 Å². The average Bonchev–Trinajstić information content (AvgIpc) is 2.47. The van der Waals surface area contributed by atoms with E-state index in [9.17, 15) is 13.2 Å². The van der Waals surface area contributed by atoms with Crippen LogP contribution in [0.1, 0.15) is 24.1 Å². The maximum absolute atomic E-state index is 12.6. The fourth-order valence-corrected chi connectivity index (χ4v) is 1.98. The van der Waals surface area contributed by atoms with Crippen molar-refractivity contribution in [1.29, 1.82) is 5.26 Å². The molecule has 21 heavy (non-hydrogen) atoms. The summed E-state index contributed by atoms with van der Waals surface area (Å²) in [6.07, 6.45) is -1.04. The molecular weight excluding hydrogens is 283 g/mol. The van der Waals surface area contributed by atoms with Crippen molar-refractivity contribution in [3.63, 3.8) is 0 Å². The van der Waals surface area contributed by atoms with Gasteiger partial charge in [-0.2, -0.15) is 18.4 Å². The molecule has 0 bridgehead atoms. The number of alkyl halides is 3. The molecule has 1 aromatic heterocycles. The summed E-state index contributed by atoms with van der Waals surface area (Å²) in [5.41, 5.74) is 0.289. The number of halogens is 3. The Kier molecular flexibility index (Phi) is 4.81. The van der Waals surface area contributed by atoms with Gasteiger partial charge in [0.15, 0.2) is 0 Å². The van der Waals surface area contributed by atoms with Gasteiger partial charge in [0.05, 0.1) is 18.8 Å². The highest BCUT2D eigenvalue weighted by Gasteiger charge is 2.33. The molecule has 0 aliphatic carbocycles. The first-order valence-corrected chi connectivity index (χ1v) is 6.48. The standard InChI is InChI=1S/C14H14F3N3O/c15-14(16,17)12-2-1-11(9-18)13(20-12)19-6-3-10-4-7-21-8-5-10/h1-2,4H,3,5-8H2,(H,19,20). The molecule has 1 aromatic rings. The van der Waals surface area contributed by atoms with Crippen molar-refractivity contribution in [2.75, 3.05) is 25.1 Å². The van der Waals surface area contributed by atoms with Gasteiger partial charge in [0, 0.05) is 6.54 Å². The molecule has 0 saturated heterocycles. The Hall–Kier alpha value is -2.07. The lowest BCUT2D eigenvalue weighted by Crippen LogP contribution is -2.13. The number of rotatable bonds is 4. The summed E-state index contributed by atoms with van der Waals surface area (Å²) in [6, 6.07) is 3.78. The molecule has 7 heteroatoms. The van der Waals surface area contributed by atoms with Crippen molar-refractivity contribution in [1.82, 2.24) is 4.98 Å². The van der Waals surface area contributed by atoms with Gasteiger partial charge in [0.25, 0.3) is 0 Å². The van der Waals surface area contributed by atoms with Crippen LogP contribution in [0.15, 0.2) is 23.8 Å². The second-order valence-electron chi connectivity index (χ2n) is 4.57. The number of hydrogen-bond donors (Lipinski definition) is 1. The Bertz CT molecular complexity index is 576. The van der Waals surface area contributed by atoms with Crippen molar-refractivity contribution in [2.45, 2.75) is 19.0 Å². The van der Waals surface area contributed by atoms with E-state index >= 15 is 0 Å². The first-order valence-electron chi connectivity index (χ1n) is 6.48. The minimum absolute atomic E-state index is 0.0278. The smallest absolute Gasteiger partial charge is 0.377 e. The van der Waals surface area contributed by atoms with Crippen molar-refractivity contribution in [2.24, 2.45) is 0 Å². The fourth-order valence-electron chi connectivity index (χ4n) is 1.98. The van der Waals surface area contributed by atoms with Crippen LogP contribution in [0.3, 0.4) is 0 Å². The normalized spacial score (nSPS) is 15.2. The molecule has 0 amide bonds. The first-order chi connectivity index (χ1) is 10.0. The second-order valence-corrected chi connectivity index (χ2v) is 4.57. The molecule has 0 spiro atoms. The van der Waals surface area contributed by atoms with Crippen LogP contribution in [0.5, 0.6) is 0 Å². The monoisotopic (exact) mass is 297 g/mol. The second kappa shape index (κ2) is 6.59. The zero-order chi connectivity index (χ0) is 15.3. The molecule has 0 saturated carbocycles. The first kappa shape index (κ1) is 15.3. The third-order valence-corrected chi connectivity index (χ3v) is 3.10. The summed E-state index contributed by atoms with van der Waals surface area (Å²) < 4.78 is 43.0. The Balaban J connectivity index is 2.04. The van der Waals surface area contributed by atoms with Crippen LogP contribution in [0.25, 0.3) is 0 Å². The van der Waals surface area contributed by atoms with E-state index in [1.165, 1.54) is 5.57 Å². The molecule has 0 radical (unpaired) electrons. The number of anilines is 1. The maximum atomic E-state index is 12.6. The Labute approximate surface area is 120 Å². The maximum Gasteiger partial charge on any atom is 0.433 e. The van der Waals surface area contributed by atoms with Crippen LogP contribution in [-0.2, 0) is 10.9 Å². The predicted octanol–water partition coefficient (Wildman–Crippen LogP) is 3.12. The third-order valence-electron chi connectivity index (χ3n) is 3.10. The van der Waals surface area contributed by atoms with Gasteiger partial charge in [-0.25, -0.2) is 4.98 Å². The number of pyridine rings is 1. The minimum atomic E-state index is -4.52. The number of aromatic nitrogens is 1. The summed E-state index contributed by atoms with van der Waals surface area (Å²) >= 11 is 0. The van der Waals surface area contributed by atoms with Crippen molar-refractivity contribution >= 4 is 5.82 Å². The highest BCUT2D eigenvalue weighted by atomic mass is 19.4. The summed E-state index contributed by atoms with van der Waals surface area (Å²) in [5, 5.41) is 11.7. The van der Waals surface area contributed by atoms with Gasteiger partial charge in [-0.15, -0.1) is 0 Å². The molecule has 4 nitrogen and oxygen atoms in total. The number of ether oxygens (including phenoxy) is 1. The van der Waals surface area contributed by atoms with Crippen molar-refractivity contribution in [3.05, 3.63) is 35.0 Å². The minimum Gasteiger partial charge on any atom is -0.377 e. The summed E-state index contributed by atoms with van der Waals surface area (Å²) in [7, 11) is 0. The van der Waals surface area contributed by atoms with E-state index in [-0.39, 0.29) is 11.4 Å². The molecule has 0 unspecified atom stereocenters. The Morgan fingerprint density at radius 2 is 2.19 bits per heavy atom. The zero-order valence-electron chi connectivity index (χ0n) is 11.2. The van der Waals surface area contributed by atoms with Gasteiger partial charge < -0.3 is 10.1 Å². The van der Waals surface area contributed by atoms with Gasteiger partial charge in [0.1, 0.15) is 17.6 Å². The van der Waals surface area contributed by atoms with Crippen LogP contribution < -0.4 is 5.32 Å². The van der Waals surface area contributed by atoms with E-state index < -0.39 is 11.9 Å². The highest BCUT2D eigenvalue weighted by Crippen LogP contribution is 2.29. The zero-order valence-corrected chi connectivity index (χ0v) is 11.2. The Morgan fingerprint density at radius 3 is 2.81 bits per heavy atom. The number of nitrogens with zero attached hydrogens (tertiary/aromatic N) is 2. The lowest BCUT2D eigenvalue weighted by Gasteiger charge is -2.15. The fraction of sp³-hybridized carbons (Fsp3) is 0.429. The van der Waals surface area contributed by atoms with Gasteiger partial charge in [-0.3, -0.25) is 0 Å². The van der Waals surface area contributed by atoms with Crippen LogP contribution in [0.2, 0.25) is 0 Å². The molecule has 1 aliphatic rings. The largest absolute Gasteiger partial charge is 0.433 e. The predicted molar refractivity (Wildman–Crippen MR) is 70.6 cm³/mol. The quantitative estimate of drug-likeness (QED) is 0.868. The third kappa shape index (κ3) is 4.20. The van der Waals surface area contributed by atoms with Crippen LogP contribution >= 0.6 is 0 Å². The van der Waals surface area contributed by atoms with E-state index in [0.29, 0.717) is 26.2 Å². The molecule has 0 aromatic carbocycles. The van der Waals surface area contributed by atoms with E-state index in [4.69, 9.17) is 10.00 Å². The number of nitriles is 1. The van der Waals surface area contributed by atoms with E-state index in [1.54, 1.807) is 0 Å². The Morgan fingerprint density at radius 1 is 1.38 bits per heavy atom. The highest BCUT2D eigenvalue weighted by molar-refractivity contribution is 5.52. The van der Waals surface area contributed by atoms with Gasteiger partial charge in [-0.05, 0) is 25.0 Å². The van der Waals surface area contributed by atoms with E-state index in [2.05, 4.69) is 10.3 Å². The van der Waals surface area contributed by atoms with Crippen LogP contribution in [-0.4, -0.2) is 24.7 Å². The number of hydrogen-bond acceptors (Lipinski definition) is 4. The molecule has 0 fully saturated rings. The molecule has 1 N–H and O–H groups in total. The SMILES string of the molecule is N#Cc1ccc(C(F)(F)F)nc1NCCC1=CCOCC1. The van der Waals surface area contributed by atoms with Crippen molar-refractivity contribution in [3.8, 4) is 6.07 Å².